The Hall–Kier alpha value is -2.01. The monoisotopic (exact) mass is 320 g/mol. The third-order valence-electron chi connectivity index (χ3n) is 2.70. The summed E-state index contributed by atoms with van der Waals surface area (Å²) >= 11 is 3.35. The molecule has 98 valence electrons. The Balaban J connectivity index is 2.26. The van der Waals surface area contributed by atoms with E-state index in [2.05, 4.69) is 21.2 Å². The molecule has 2 aromatic carbocycles. The maximum atomic E-state index is 12.1. The van der Waals surface area contributed by atoms with E-state index in [-0.39, 0.29) is 11.7 Å². The highest BCUT2D eigenvalue weighted by molar-refractivity contribution is 9.10. The molecule has 0 atom stereocenters. The summed E-state index contributed by atoms with van der Waals surface area (Å²) < 4.78 is 0.866. The molecule has 0 aliphatic heterocycles. The Labute approximate surface area is 119 Å². The first-order chi connectivity index (χ1) is 8.97. The van der Waals surface area contributed by atoms with Crippen molar-refractivity contribution < 1.29 is 9.90 Å². The predicted molar refractivity (Wildman–Crippen MR) is 79.4 cm³/mol. The number of aryl methyl sites for hydroxylation is 1. The second kappa shape index (κ2) is 5.32. The molecule has 4 N–H and O–H groups in total. The van der Waals surface area contributed by atoms with Crippen molar-refractivity contribution >= 4 is 33.2 Å². The van der Waals surface area contributed by atoms with Crippen LogP contribution in [-0.4, -0.2) is 11.0 Å². The van der Waals surface area contributed by atoms with Crippen molar-refractivity contribution in [1.29, 1.82) is 0 Å². The minimum atomic E-state index is -0.267. The SMILES string of the molecule is Cc1cc(Br)cc(N)c1NC(=O)c1ccc(O)cc1. The van der Waals surface area contributed by atoms with Gasteiger partial charge in [-0.1, -0.05) is 15.9 Å². The van der Waals surface area contributed by atoms with E-state index in [0.29, 0.717) is 16.9 Å². The van der Waals surface area contributed by atoms with Gasteiger partial charge in [0.1, 0.15) is 5.75 Å². The van der Waals surface area contributed by atoms with Crippen LogP contribution in [0.2, 0.25) is 0 Å². The normalized spacial score (nSPS) is 10.2. The van der Waals surface area contributed by atoms with E-state index >= 15 is 0 Å². The molecule has 0 aliphatic rings. The Morgan fingerprint density at radius 1 is 1.26 bits per heavy atom. The van der Waals surface area contributed by atoms with Gasteiger partial charge in [-0.15, -0.1) is 0 Å². The van der Waals surface area contributed by atoms with Gasteiger partial charge >= 0.3 is 0 Å². The number of phenolic OH excluding ortho intramolecular Hbond substituents is 1. The number of nitrogens with one attached hydrogen (secondary N) is 1. The van der Waals surface area contributed by atoms with Crippen LogP contribution in [0.5, 0.6) is 5.75 Å². The number of benzene rings is 2. The zero-order chi connectivity index (χ0) is 14.0. The molecule has 0 bridgehead atoms. The van der Waals surface area contributed by atoms with Crippen LogP contribution in [-0.2, 0) is 0 Å². The smallest absolute Gasteiger partial charge is 0.255 e. The Kier molecular flexibility index (Phi) is 3.76. The number of carbonyl (C=O) groups excluding carboxylic acids is 1. The van der Waals surface area contributed by atoms with Gasteiger partial charge < -0.3 is 16.2 Å². The standard InChI is InChI=1S/C14H13BrN2O2/c1-8-6-10(15)7-12(16)13(8)17-14(19)9-2-4-11(18)5-3-9/h2-7,18H,16H2,1H3,(H,17,19). The molecule has 0 heterocycles. The molecule has 0 aromatic heterocycles. The van der Waals surface area contributed by atoms with Crippen molar-refractivity contribution in [1.82, 2.24) is 0 Å². The van der Waals surface area contributed by atoms with Gasteiger partial charge in [0.15, 0.2) is 0 Å². The average Bonchev–Trinajstić information content (AvgIpc) is 2.34. The molecule has 4 nitrogen and oxygen atoms in total. The van der Waals surface area contributed by atoms with E-state index in [1.54, 1.807) is 18.2 Å². The first-order valence-electron chi connectivity index (χ1n) is 5.63. The van der Waals surface area contributed by atoms with E-state index < -0.39 is 0 Å². The maximum absolute atomic E-state index is 12.1. The first kappa shape index (κ1) is 13.4. The Morgan fingerprint density at radius 3 is 2.47 bits per heavy atom. The summed E-state index contributed by atoms with van der Waals surface area (Å²) in [6.07, 6.45) is 0. The number of hydrogen-bond acceptors (Lipinski definition) is 3. The summed E-state index contributed by atoms with van der Waals surface area (Å²) in [5.41, 5.74) is 8.32. The van der Waals surface area contributed by atoms with E-state index in [0.717, 1.165) is 10.0 Å². The number of phenols is 1. The molecule has 0 spiro atoms. The number of hydrogen-bond donors (Lipinski definition) is 3. The molecule has 1 amide bonds. The molecule has 0 fully saturated rings. The predicted octanol–water partition coefficient (Wildman–Crippen LogP) is 3.30. The molecular weight excluding hydrogens is 308 g/mol. The number of nitrogen functional groups attached to an aromatic ring is 1. The highest BCUT2D eigenvalue weighted by atomic mass is 79.9. The van der Waals surface area contributed by atoms with Gasteiger partial charge in [-0.3, -0.25) is 4.79 Å². The van der Waals surface area contributed by atoms with Crippen molar-refractivity contribution in [2.24, 2.45) is 0 Å². The Bertz CT molecular complexity index is 601. The number of carbonyl (C=O) groups is 1. The van der Waals surface area contributed by atoms with Gasteiger partial charge in [0, 0.05) is 10.0 Å². The number of anilines is 2. The fourth-order valence-electron chi connectivity index (χ4n) is 1.74. The van der Waals surface area contributed by atoms with Crippen LogP contribution in [0.25, 0.3) is 0 Å². The van der Waals surface area contributed by atoms with Crippen LogP contribution >= 0.6 is 15.9 Å². The van der Waals surface area contributed by atoms with Gasteiger partial charge in [0.2, 0.25) is 0 Å². The van der Waals surface area contributed by atoms with Gasteiger partial charge in [-0.05, 0) is 48.9 Å². The summed E-state index contributed by atoms with van der Waals surface area (Å²) in [5.74, 6) is -0.145. The third kappa shape index (κ3) is 3.06. The quantitative estimate of drug-likeness (QED) is 0.743. The lowest BCUT2D eigenvalue weighted by atomic mass is 10.1. The molecule has 5 heteroatoms. The largest absolute Gasteiger partial charge is 0.508 e. The molecule has 19 heavy (non-hydrogen) atoms. The molecule has 0 saturated heterocycles. The molecule has 0 aliphatic carbocycles. The summed E-state index contributed by atoms with van der Waals surface area (Å²) in [6.45, 7) is 1.87. The van der Waals surface area contributed by atoms with Gasteiger partial charge in [0.25, 0.3) is 5.91 Å². The number of rotatable bonds is 2. The zero-order valence-electron chi connectivity index (χ0n) is 10.3. The lowest BCUT2D eigenvalue weighted by Crippen LogP contribution is -2.14. The van der Waals surface area contributed by atoms with Crippen LogP contribution in [0.1, 0.15) is 15.9 Å². The molecule has 0 unspecified atom stereocenters. The lowest BCUT2D eigenvalue weighted by Gasteiger charge is -2.12. The van der Waals surface area contributed by atoms with E-state index in [1.165, 1.54) is 12.1 Å². The summed E-state index contributed by atoms with van der Waals surface area (Å²) in [7, 11) is 0. The topological polar surface area (TPSA) is 75.3 Å². The second-order valence-electron chi connectivity index (χ2n) is 4.19. The minimum Gasteiger partial charge on any atom is -0.508 e. The number of nitrogens with two attached hydrogens (primary N) is 1. The highest BCUT2D eigenvalue weighted by Crippen LogP contribution is 2.28. The van der Waals surface area contributed by atoms with Crippen molar-refractivity contribution in [3.8, 4) is 5.75 Å². The zero-order valence-corrected chi connectivity index (χ0v) is 11.9. The minimum absolute atomic E-state index is 0.121. The van der Waals surface area contributed by atoms with Gasteiger partial charge in [0.05, 0.1) is 11.4 Å². The number of amides is 1. The number of halogens is 1. The molecular formula is C14H13BrN2O2. The number of aromatic hydroxyl groups is 1. The van der Waals surface area contributed by atoms with Crippen LogP contribution in [0.3, 0.4) is 0 Å². The van der Waals surface area contributed by atoms with Crippen molar-refractivity contribution in [3.05, 3.63) is 52.0 Å². The van der Waals surface area contributed by atoms with Gasteiger partial charge in [-0.25, -0.2) is 0 Å². The molecule has 2 aromatic rings. The van der Waals surface area contributed by atoms with Crippen molar-refractivity contribution in [2.45, 2.75) is 6.92 Å². The average molecular weight is 321 g/mol. The molecule has 0 saturated carbocycles. The van der Waals surface area contributed by atoms with E-state index in [4.69, 9.17) is 5.73 Å². The van der Waals surface area contributed by atoms with Crippen molar-refractivity contribution in [3.63, 3.8) is 0 Å². The second-order valence-corrected chi connectivity index (χ2v) is 5.10. The summed E-state index contributed by atoms with van der Waals surface area (Å²) in [5, 5.41) is 12.0. The van der Waals surface area contributed by atoms with Crippen LogP contribution in [0, 0.1) is 6.92 Å². The van der Waals surface area contributed by atoms with E-state index in [9.17, 15) is 9.90 Å². The molecule has 2 rings (SSSR count). The highest BCUT2D eigenvalue weighted by Gasteiger charge is 2.11. The fraction of sp³-hybridized carbons (Fsp3) is 0.0714. The van der Waals surface area contributed by atoms with Gasteiger partial charge in [-0.2, -0.15) is 0 Å². The Morgan fingerprint density at radius 2 is 1.89 bits per heavy atom. The fourth-order valence-corrected chi connectivity index (χ4v) is 2.33. The van der Waals surface area contributed by atoms with Crippen LogP contribution < -0.4 is 11.1 Å². The van der Waals surface area contributed by atoms with Crippen LogP contribution in [0.15, 0.2) is 40.9 Å². The molecule has 0 radical (unpaired) electrons. The third-order valence-corrected chi connectivity index (χ3v) is 3.16. The first-order valence-corrected chi connectivity index (χ1v) is 6.42. The van der Waals surface area contributed by atoms with E-state index in [1.807, 2.05) is 13.0 Å². The maximum Gasteiger partial charge on any atom is 0.255 e. The van der Waals surface area contributed by atoms with Crippen molar-refractivity contribution in [2.75, 3.05) is 11.1 Å². The van der Waals surface area contributed by atoms with Crippen LogP contribution in [0.4, 0.5) is 11.4 Å². The summed E-state index contributed by atoms with van der Waals surface area (Å²) in [6, 6.07) is 9.64. The lowest BCUT2D eigenvalue weighted by molar-refractivity contribution is 0.102. The summed E-state index contributed by atoms with van der Waals surface area (Å²) in [4.78, 5) is 12.1.